The van der Waals surface area contributed by atoms with E-state index in [2.05, 4.69) is 39.4 Å². The molecule has 122 valence electrons. The van der Waals surface area contributed by atoms with Crippen LogP contribution in [-0.4, -0.2) is 14.6 Å². The molecular formula is C19H16N6. The highest BCUT2D eigenvalue weighted by molar-refractivity contribution is 5.77. The number of benzene rings is 2. The van der Waals surface area contributed by atoms with E-state index in [1.54, 1.807) is 4.52 Å². The molecule has 0 unspecified atom stereocenters. The maximum atomic E-state index is 6.00. The number of hydrogen-bond acceptors (Lipinski definition) is 5. The lowest BCUT2D eigenvalue weighted by molar-refractivity contribution is 0.947. The Morgan fingerprint density at radius 3 is 2.44 bits per heavy atom. The van der Waals surface area contributed by atoms with Gasteiger partial charge < -0.3 is 5.73 Å². The fraction of sp³-hybridized carbons (Fsp3) is 0.0526. The van der Waals surface area contributed by atoms with Crippen molar-refractivity contribution < 1.29 is 0 Å². The monoisotopic (exact) mass is 328 g/mol. The molecule has 2 aromatic heterocycles. The van der Waals surface area contributed by atoms with Gasteiger partial charge in [0.2, 0.25) is 0 Å². The second-order valence-electron chi connectivity index (χ2n) is 5.72. The van der Waals surface area contributed by atoms with E-state index in [-0.39, 0.29) is 0 Å². The smallest absolute Gasteiger partial charge is 0.185 e. The maximum Gasteiger partial charge on any atom is 0.185 e. The molecule has 0 fully saturated rings. The number of aryl methyl sites for hydroxylation is 1. The number of anilines is 1. The van der Waals surface area contributed by atoms with Crippen molar-refractivity contribution in [1.29, 1.82) is 0 Å². The first-order chi connectivity index (χ1) is 12.2. The Bertz CT molecular complexity index is 1050. The molecule has 25 heavy (non-hydrogen) atoms. The van der Waals surface area contributed by atoms with Crippen molar-refractivity contribution in [2.24, 2.45) is 10.2 Å². The first-order valence-corrected chi connectivity index (χ1v) is 7.89. The first-order valence-electron chi connectivity index (χ1n) is 7.89. The largest absolute Gasteiger partial charge is 0.380 e. The Hall–Kier alpha value is -3.54. The number of nitrogen functional groups attached to an aromatic ring is 1. The van der Waals surface area contributed by atoms with Gasteiger partial charge >= 0.3 is 0 Å². The summed E-state index contributed by atoms with van der Waals surface area (Å²) in [5.41, 5.74) is 10.9. The molecule has 0 radical (unpaired) electrons. The summed E-state index contributed by atoms with van der Waals surface area (Å²) in [6.07, 6.45) is 1.83. The van der Waals surface area contributed by atoms with Gasteiger partial charge in [-0.15, -0.1) is 10.2 Å². The quantitative estimate of drug-likeness (QED) is 0.553. The molecule has 6 nitrogen and oxygen atoms in total. The summed E-state index contributed by atoms with van der Waals surface area (Å²) in [6.45, 7) is 2.06. The molecule has 2 N–H and O–H groups in total. The SMILES string of the molecule is Cc1ccc(-c2ccn3nc(N)c(N=Nc4ccccc4)c3n2)cc1. The van der Waals surface area contributed by atoms with Crippen LogP contribution in [0.15, 0.2) is 77.1 Å². The van der Waals surface area contributed by atoms with E-state index < -0.39 is 0 Å². The van der Waals surface area contributed by atoms with Crippen LogP contribution in [0.5, 0.6) is 0 Å². The summed E-state index contributed by atoms with van der Waals surface area (Å²) in [7, 11) is 0. The molecule has 2 aromatic carbocycles. The number of nitrogens with zero attached hydrogens (tertiary/aromatic N) is 5. The van der Waals surface area contributed by atoms with Gasteiger partial charge in [0.25, 0.3) is 0 Å². The third-order valence-electron chi connectivity index (χ3n) is 3.86. The van der Waals surface area contributed by atoms with Crippen LogP contribution in [0.4, 0.5) is 17.2 Å². The van der Waals surface area contributed by atoms with E-state index in [0.717, 1.165) is 16.9 Å². The second kappa shape index (κ2) is 6.16. The number of hydrogen-bond donors (Lipinski definition) is 1. The Morgan fingerprint density at radius 1 is 0.920 bits per heavy atom. The zero-order valence-corrected chi connectivity index (χ0v) is 13.7. The summed E-state index contributed by atoms with van der Waals surface area (Å²) >= 11 is 0. The Kier molecular flexibility index (Phi) is 3.70. The van der Waals surface area contributed by atoms with E-state index in [1.165, 1.54) is 5.56 Å². The molecule has 0 saturated heterocycles. The average Bonchev–Trinajstić information content (AvgIpc) is 2.96. The normalized spacial score (nSPS) is 11.4. The van der Waals surface area contributed by atoms with Gasteiger partial charge in [-0.2, -0.15) is 5.11 Å². The molecule has 4 rings (SSSR count). The third-order valence-corrected chi connectivity index (χ3v) is 3.86. The lowest BCUT2D eigenvalue weighted by atomic mass is 10.1. The van der Waals surface area contributed by atoms with Gasteiger partial charge in [-0.25, -0.2) is 9.50 Å². The van der Waals surface area contributed by atoms with Crippen molar-refractivity contribution in [3.63, 3.8) is 0 Å². The summed E-state index contributed by atoms with van der Waals surface area (Å²) in [5, 5.41) is 12.7. The lowest BCUT2D eigenvalue weighted by Crippen LogP contribution is -1.92. The molecule has 0 saturated carbocycles. The summed E-state index contributed by atoms with van der Waals surface area (Å²) in [6, 6.07) is 19.6. The van der Waals surface area contributed by atoms with E-state index in [1.807, 2.05) is 54.7 Å². The average molecular weight is 328 g/mol. The highest BCUT2D eigenvalue weighted by atomic mass is 15.3. The second-order valence-corrected chi connectivity index (χ2v) is 5.72. The van der Waals surface area contributed by atoms with Crippen LogP contribution < -0.4 is 5.73 Å². The predicted octanol–water partition coefficient (Wildman–Crippen LogP) is 4.70. The van der Waals surface area contributed by atoms with Crippen molar-refractivity contribution in [2.45, 2.75) is 6.92 Å². The van der Waals surface area contributed by atoms with Crippen LogP contribution in [0.3, 0.4) is 0 Å². The highest BCUT2D eigenvalue weighted by Gasteiger charge is 2.12. The number of azo groups is 1. The van der Waals surface area contributed by atoms with Gasteiger partial charge in [0.15, 0.2) is 17.2 Å². The van der Waals surface area contributed by atoms with Gasteiger partial charge in [0, 0.05) is 11.8 Å². The molecule has 6 heteroatoms. The fourth-order valence-electron chi connectivity index (χ4n) is 2.52. The Labute approximate surface area is 144 Å². The van der Waals surface area contributed by atoms with Crippen molar-refractivity contribution >= 4 is 22.8 Å². The van der Waals surface area contributed by atoms with E-state index >= 15 is 0 Å². The van der Waals surface area contributed by atoms with Crippen molar-refractivity contribution in [1.82, 2.24) is 14.6 Å². The minimum Gasteiger partial charge on any atom is -0.380 e. The van der Waals surface area contributed by atoms with Gasteiger partial charge in [0.1, 0.15) is 0 Å². The van der Waals surface area contributed by atoms with Crippen LogP contribution in [0.2, 0.25) is 0 Å². The van der Waals surface area contributed by atoms with Crippen LogP contribution >= 0.6 is 0 Å². The summed E-state index contributed by atoms with van der Waals surface area (Å²) < 4.78 is 1.62. The first kappa shape index (κ1) is 15.0. The van der Waals surface area contributed by atoms with Gasteiger partial charge in [-0.05, 0) is 25.1 Å². The van der Waals surface area contributed by atoms with Crippen molar-refractivity contribution in [3.05, 3.63) is 72.4 Å². The number of nitrogens with two attached hydrogens (primary N) is 1. The number of aromatic nitrogens is 3. The molecule has 4 aromatic rings. The van der Waals surface area contributed by atoms with Crippen LogP contribution in [0.1, 0.15) is 5.56 Å². The molecular weight excluding hydrogens is 312 g/mol. The molecule has 0 aliphatic heterocycles. The standard InChI is InChI=1S/C19H16N6/c1-13-7-9-14(10-8-13)16-11-12-25-19(21-16)17(18(20)24-25)23-22-15-5-3-2-4-6-15/h2-12H,1H3,(H2,20,24). The molecule has 0 amide bonds. The van der Waals surface area contributed by atoms with Gasteiger partial charge in [-0.3, -0.25) is 0 Å². The summed E-state index contributed by atoms with van der Waals surface area (Å²) in [5.74, 6) is 0.299. The molecule has 2 heterocycles. The van der Waals surface area contributed by atoms with Crippen LogP contribution in [-0.2, 0) is 0 Å². The number of rotatable bonds is 3. The zero-order valence-electron chi connectivity index (χ0n) is 13.7. The fourth-order valence-corrected chi connectivity index (χ4v) is 2.52. The predicted molar refractivity (Wildman–Crippen MR) is 98.2 cm³/mol. The minimum absolute atomic E-state index is 0.299. The van der Waals surface area contributed by atoms with Crippen molar-refractivity contribution in [2.75, 3.05) is 5.73 Å². The van der Waals surface area contributed by atoms with E-state index in [4.69, 9.17) is 5.73 Å². The Balaban J connectivity index is 1.79. The Morgan fingerprint density at radius 2 is 1.68 bits per heavy atom. The highest BCUT2D eigenvalue weighted by Crippen LogP contribution is 2.29. The summed E-state index contributed by atoms with van der Waals surface area (Å²) in [4.78, 5) is 4.67. The zero-order chi connectivity index (χ0) is 17.2. The van der Waals surface area contributed by atoms with E-state index in [0.29, 0.717) is 17.2 Å². The molecule has 0 atom stereocenters. The lowest BCUT2D eigenvalue weighted by Gasteiger charge is -2.02. The maximum absolute atomic E-state index is 6.00. The molecule has 0 aliphatic carbocycles. The molecule has 0 aliphatic rings. The van der Waals surface area contributed by atoms with Crippen LogP contribution in [0, 0.1) is 6.92 Å². The topological polar surface area (TPSA) is 80.9 Å². The van der Waals surface area contributed by atoms with Gasteiger partial charge in [0.05, 0.1) is 11.4 Å². The molecule has 0 spiro atoms. The third kappa shape index (κ3) is 2.97. The minimum atomic E-state index is 0.299. The van der Waals surface area contributed by atoms with Crippen molar-refractivity contribution in [3.8, 4) is 11.3 Å². The van der Waals surface area contributed by atoms with E-state index in [9.17, 15) is 0 Å². The molecule has 0 bridgehead atoms. The van der Waals surface area contributed by atoms with Gasteiger partial charge in [-0.1, -0.05) is 48.0 Å². The number of fused-ring (bicyclic) bond motifs is 1. The van der Waals surface area contributed by atoms with Crippen LogP contribution in [0.25, 0.3) is 16.9 Å².